The van der Waals surface area contributed by atoms with Crippen molar-refractivity contribution in [1.82, 2.24) is 0 Å². The molecule has 0 bridgehead atoms. The monoisotopic (exact) mass is 136 g/mol. The summed E-state index contributed by atoms with van der Waals surface area (Å²) in [6, 6.07) is -0.120. The molecule has 50 valence electrons. The van der Waals surface area contributed by atoms with E-state index in [9.17, 15) is 0 Å². The third kappa shape index (κ3) is 4.51. The lowest BCUT2D eigenvalue weighted by atomic mass is 10.9. The van der Waals surface area contributed by atoms with Crippen LogP contribution < -0.4 is 0 Å². The summed E-state index contributed by atoms with van der Waals surface area (Å²) in [4.78, 5) is 0. The van der Waals surface area contributed by atoms with Gasteiger partial charge in [-0.15, -0.1) is 0 Å². The molecule has 0 aromatic rings. The summed E-state index contributed by atoms with van der Waals surface area (Å²) in [6.45, 7) is 5.29. The molecule has 0 aliphatic heterocycles. The van der Waals surface area contributed by atoms with E-state index in [-0.39, 0.29) is 6.03 Å². The van der Waals surface area contributed by atoms with Crippen LogP contribution in [0.1, 0.15) is 13.8 Å². The Morgan fingerprint density at radius 3 is 1.88 bits per heavy atom. The Kier molecular flexibility index (Phi) is 5.73. The highest BCUT2D eigenvalue weighted by Gasteiger charge is 1.94. The van der Waals surface area contributed by atoms with Crippen molar-refractivity contribution in [2.24, 2.45) is 0 Å². The average molecular weight is 136 g/mol. The fourth-order valence-electron chi connectivity index (χ4n) is 0.377. The van der Waals surface area contributed by atoms with Crippen LogP contribution in [0.3, 0.4) is 0 Å². The minimum atomic E-state index is -0.120. The van der Waals surface area contributed by atoms with Crippen molar-refractivity contribution in [3.8, 4) is 0 Å². The quantitative estimate of drug-likeness (QED) is 0.427. The average Bonchev–Trinajstić information content (AvgIpc) is 1.68. The zero-order valence-corrected chi connectivity index (χ0v) is 6.54. The molecule has 1 unspecified atom stereocenters. The van der Waals surface area contributed by atoms with E-state index in [0.29, 0.717) is 13.2 Å². The summed E-state index contributed by atoms with van der Waals surface area (Å²) in [5, 5.41) is 0. The molecule has 0 aromatic carbocycles. The van der Waals surface area contributed by atoms with E-state index in [2.05, 4.69) is 9.24 Å². The van der Waals surface area contributed by atoms with Gasteiger partial charge in [0.15, 0.2) is 6.03 Å². The highest BCUT2D eigenvalue weighted by molar-refractivity contribution is 7.16. The molecule has 0 aliphatic carbocycles. The molecule has 0 amide bonds. The summed E-state index contributed by atoms with van der Waals surface area (Å²) in [7, 11) is 2.45. The Morgan fingerprint density at radius 1 is 1.25 bits per heavy atom. The van der Waals surface area contributed by atoms with Crippen molar-refractivity contribution in [2.45, 2.75) is 19.9 Å². The van der Waals surface area contributed by atoms with Crippen LogP contribution in [0, 0.1) is 0 Å². The van der Waals surface area contributed by atoms with Crippen molar-refractivity contribution in [3.05, 3.63) is 0 Å². The number of hydrogen-bond acceptors (Lipinski definition) is 2. The Balaban J connectivity index is 2.92. The summed E-state index contributed by atoms with van der Waals surface area (Å²) >= 11 is 0. The van der Waals surface area contributed by atoms with E-state index in [1.165, 1.54) is 0 Å². The minimum Gasteiger partial charge on any atom is -0.350 e. The van der Waals surface area contributed by atoms with E-state index < -0.39 is 0 Å². The molecule has 0 aliphatic rings. The van der Waals surface area contributed by atoms with Crippen LogP contribution in [0.4, 0.5) is 0 Å². The third-order valence-corrected chi connectivity index (χ3v) is 1.05. The Bertz CT molecular complexity index is 43.7. The molecule has 0 fully saturated rings. The van der Waals surface area contributed by atoms with Gasteiger partial charge in [0.25, 0.3) is 0 Å². The number of hydrogen-bond donors (Lipinski definition) is 0. The topological polar surface area (TPSA) is 18.5 Å². The van der Waals surface area contributed by atoms with Gasteiger partial charge in [-0.05, 0) is 13.8 Å². The van der Waals surface area contributed by atoms with Gasteiger partial charge < -0.3 is 9.47 Å². The second kappa shape index (κ2) is 5.49. The molecule has 0 saturated heterocycles. The van der Waals surface area contributed by atoms with E-state index in [1.807, 2.05) is 13.8 Å². The lowest BCUT2D eigenvalue weighted by Gasteiger charge is -2.09. The summed E-state index contributed by atoms with van der Waals surface area (Å²) in [5.41, 5.74) is 0. The Hall–Kier alpha value is 0.350. The maximum absolute atomic E-state index is 5.02. The lowest BCUT2D eigenvalue weighted by molar-refractivity contribution is -0.0746. The smallest absolute Gasteiger partial charge is 0.170 e. The molecule has 0 spiro atoms. The highest BCUT2D eigenvalue weighted by atomic mass is 31.0. The molecule has 1 atom stereocenters. The van der Waals surface area contributed by atoms with Crippen molar-refractivity contribution >= 4 is 9.24 Å². The Morgan fingerprint density at radius 2 is 1.62 bits per heavy atom. The van der Waals surface area contributed by atoms with Crippen molar-refractivity contribution in [1.29, 1.82) is 0 Å². The van der Waals surface area contributed by atoms with E-state index in [0.717, 1.165) is 0 Å². The van der Waals surface area contributed by atoms with Gasteiger partial charge in [-0.25, -0.2) is 0 Å². The largest absolute Gasteiger partial charge is 0.350 e. The van der Waals surface area contributed by atoms with Gasteiger partial charge in [-0.3, -0.25) is 0 Å². The van der Waals surface area contributed by atoms with Gasteiger partial charge in [-0.2, -0.15) is 0 Å². The lowest BCUT2D eigenvalue weighted by Crippen LogP contribution is -2.08. The first-order valence-electron chi connectivity index (χ1n) is 2.80. The molecular weight excluding hydrogens is 123 g/mol. The molecule has 0 heterocycles. The molecule has 2 nitrogen and oxygen atoms in total. The van der Waals surface area contributed by atoms with Gasteiger partial charge in [0, 0.05) is 13.2 Å². The molecule has 3 heteroatoms. The summed E-state index contributed by atoms with van der Waals surface area (Å²) < 4.78 is 10.0. The molecule has 0 saturated carbocycles. The summed E-state index contributed by atoms with van der Waals surface area (Å²) in [5.74, 6) is 0. The second-order valence-electron chi connectivity index (χ2n) is 1.28. The SMILES string of the molecule is CCOC(P)OCC. The van der Waals surface area contributed by atoms with Crippen LogP contribution in [-0.2, 0) is 9.47 Å². The molecular formula is C5H13O2P. The van der Waals surface area contributed by atoms with Gasteiger partial charge in [0.2, 0.25) is 0 Å². The zero-order valence-electron chi connectivity index (χ0n) is 5.39. The van der Waals surface area contributed by atoms with Crippen molar-refractivity contribution < 1.29 is 9.47 Å². The van der Waals surface area contributed by atoms with Crippen LogP contribution in [0.25, 0.3) is 0 Å². The summed E-state index contributed by atoms with van der Waals surface area (Å²) in [6.07, 6.45) is 0. The fourth-order valence-corrected chi connectivity index (χ4v) is 0.762. The van der Waals surface area contributed by atoms with E-state index in [4.69, 9.17) is 9.47 Å². The van der Waals surface area contributed by atoms with Gasteiger partial charge >= 0.3 is 0 Å². The van der Waals surface area contributed by atoms with Crippen molar-refractivity contribution in [2.75, 3.05) is 13.2 Å². The standard InChI is InChI=1S/C5H13O2P/c1-3-6-5(8)7-4-2/h5H,3-4,8H2,1-2H3. The van der Waals surface area contributed by atoms with Crippen LogP contribution in [0.5, 0.6) is 0 Å². The van der Waals surface area contributed by atoms with Gasteiger partial charge in [-0.1, -0.05) is 9.24 Å². The third-order valence-electron chi connectivity index (χ3n) is 0.662. The molecule has 0 N–H and O–H groups in total. The first kappa shape index (κ1) is 8.35. The second-order valence-corrected chi connectivity index (χ2v) is 1.82. The van der Waals surface area contributed by atoms with Crippen molar-refractivity contribution in [3.63, 3.8) is 0 Å². The number of rotatable bonds is 4. The fraction of sp³-hybridized carbons (Fsp3) is 1.00. The van der Waals surface area contributed by atoms with Crippen LogP contribution in [-0.4, -0.2) is 19.2 Å². The Labute approximate surface area is 52.8 Å². The molecule has 0 aromatic heterocycles. The van der Waals surface area contributed by atoms with Crippen LogP contribution in [0.15, 0.2) is 0 Å². The molecule has 8 heavy (non-hydrogen) atoms. The zero-order chi connectivity index (χ0) is 6.41. The van der Waals surface area contributed by atoms with Crippen LogP contribution in [0.2, 0.25) is 0 Å². The van der Waals surface area contributed by atoms with Crippen LogP contribution >= 0.6 is 9.24 Å². The van der Waals surface area contributed by atoms with Gasteiger partial charge in [0.05, 0.1) is 0 Å². The maximum atomic E-state index is 5.02. The molecule has 0 radical (unpaired) electrons. The maximum Gasteiger partial charge on any atom is 0.170 e. The van der Waals surface area contributed by atoms with Gasteiger partial charge in [0.1, 0.15) is 0 Å². The highest BCUT2D eigenvalue weighted by Crippen LogP contribution is 2.02. The van der Waals surface area contributed by atoms with E-state index in [1.54, 1.807) is 0 Å². The predicted octanol–water partition coefficient (Wildman–Crippen LogP) is 1.22. The molecule has 0 rings (SSSR count). The predicted molar refractivity (Wildman–Crippen MR) is 36.8 cm³/mol. The normalized spacial score (nSPS) is 10.5. The minimum absolute atomic E-state index is 0.120. The van der Waals surface area contributed by atoms with E-state index >= 15 is 0 Å². The number of ether oxygens (including phenoxy) is 2. The first-order chi connectivity index (χ1) is 3.81. The first-order valence-corrected chi connectivity index (χ1v) is 3.46.